The van der Waals surface area contributed by atoms with E-state index < -0.39 is 5.97 Å². The van der Waals surface area contributed by atoms with Gasteiger partial charge < -0.3 is 10.4 Å². The van der Waals surface area contributed by atoms with Gasteiger partial charge in [0, 0.05) is 13.0 Å². The Morgan fingerprint density at radius 3 is 2.94 bits per heavy atom. The first-order valence-electron chi connectivity index (χ1n) is 5.20. The minimum atomic E-state index is -0.928. The normalized spacial score (nSPS) is 10.1. The smallest absolute Gasteiger partial charge is 0.317 e. The molecule has 0 fully saturated rings. The first-order valence-corrected chi connectivity index (χ1v) is 6.08. The fourth-order valence-corrected chi connectivity index (χ4v) is 2.04. The summed E-state index contributed by atoms with van der Waals surface area (Å²) < 4.78 is 0. The molecule has 0 unspecified atom stereocenters. The van der Waals surface area contributed by atoms with Crippen LogP contribution < -0.4 is 5.32 Å². The van der Waals surface area contributed by atoms with E-state index in [9.17, 15) is 9.59 Å². The van der Waals surface area contributed by atoms with Crippen molar-refractivity contribution < 1.29 is 14.7 Å². The maximum Gasteiger partial charge on any atom is 0.317 e. The zero-order chi connectivity index (χ0) is 13.5. The molecule has 0 spiro atoms. The van der Waals surface area contributed by atoms with Crippen molar-refractivity contribution in [2.45, 2.75) is 6.42 Å². The van der Waals surface area contributed by atoms with E-state index in [2.05, 4.69) is 5.32 Å². The van der Waals surface area contributed by atoms with Crippen LogP contribution >= 0.6 is 11.3 Å². The van der Waals surface area contributed by atoms with Crippen molar-refractivity contribution in [2.24, 2.45) is 0 Å². The molecule has 1 heterocycles. The summed E-state index contributed by atoms with van der Waals surface area (Å²) in [4.78, 5) is 23.5. The van der Waals surface area contributed by atoms with E-state index in [4.69, 9.17) is 10.4 Å². The Kier molecular flexibility index (Phi) is 5.30. The molecule has 1 amide bonds. The van der Waals surface area contributed by atoms with Crippen LogP contribution in [0.5, 0.6) is 0 Å². The van der Waals surface area contributed by atoms with Crippen molar-refractivity contribution in [1.82, 2.24) is 4.90 Å². The average Bonchev–Trinajstić information content (AvgIpc) is 2.72. The fourth-order valence-electron chi connectivity index (χ4n) is 1.29. The quantitative estimate of drug-likeness (QED) is 0.801. The van der Waals surface area contributed by atoms with Crippen molar-refractivity contribution in [1.29, 1.82) is 5.26 Å². The lowest BCUT2D eigenvalue weighted by Gasteiger charge is -2.13. The van der Waals surface area contributed by atoms with Gasteiger partial charge in [-0.2, -0.15) is 5.26 Å². The molecule has 0 aromatic carbocycles. The van der Waals surface area contributed by atoms with Crippen LogP contribution in [0.25, 0.3) is 0 Å². The van der Waals surface area contributed by atoms with E-state index >= 15 is 0 Å². The van der Waals surface area contributed by atoms with E-state index in [1.54, 1.807) is 23.4 Å². The summed E-state index contributed by atoms with van der Waals surface area (Å²) in [5.74, 6) is -1.16. The van der Waals surface area contributed by atoms with Crippen molar-refractivity contribution in [3.05, 3.63) is 17.0 Å². The Hall–Kier alpha value is -1.91. The van der Waals surface area contributed by atoms with Gasteiger partial charge in [0.15, 0.2) is 0 Å². The lowest BCUT2D eigenvalue weighted by Crippen LogP contribution is -2.29. The van der Waals surface area contributed by atoms with Gasteiger partial charge >= 0.3 is 5.97 Å². The summed E-state index contributed by atoms with van der Waals surface area (Å²) in [6.45, 7) is 0.251. The number of amides is 1. The molecule has 0 atom stereocenters. The molecule has 7 heteroatoms. The van der Waals surface area contributed by atoms with E-state index in [-0.39, 0.29) is 18.9 Å². The van der Waals surface area contributed by atoms with Crippen molar-refractivity contribution >= 4 is 28.2 Å². The molecular weight excluding hydrogens is 254 g/mol. The predicted molar refractivity (Wildman–Crippen MR) is 67.4 cm³/mol. The number of likely N-dealkylation sites (N-methyl/N-ethyl adjacent to an activating group) is 1. The second kappa shape index (κ2) is 6.74. The lowest BCUT2D eigenvalue weighted by atomic mass is 10.3. The number of carboxylic acids is 1. The molecule has 0 saturated carbocycles. The number of aliphatic carboxylic acids is 1. The molecule has 1 aromatic heterocycles. The monoisotopic (exact) mass is 267 g/mol. The van der Waals surface area contributed by atoms with E-state index in [0.717, 1.165) is 0 Å². The third-order valence-corrected chi connectivity index (χ3v) is 2.99. The second-order valence-electron chi connectivity index (χ2n) is 3.70. The summed E-state index contributed by atoms with van der Waals surface area (Å²) in [7, 11) is 1.63. The van der Waals surface area contributed by atoms with Crippen LogP contribution in [0, 0.1) is 11.3 Å². The maximum absolute atomic E-state index is 11.6. The van der Waals surface area contributed by atoms with E-state index in [1.807, 2.05) is 6.07 Å². The molecule has 18 heavy (non-hydrogen) atoms. The molecule has 96 valence electrons. The summed E-state index contributed by atoms with van der Waals surface area (Å²) in [5.41, 5.74) is 0.437. The molecular formula is C11H13N3O3S. The van der Waals surface area contributed by atoms with Crippen molar-refractivity contribution in [3.63, 3.8) is 0 Å². The Morgan fingerprint density at radius 2 is 2.33 bits per heavy atom. The van der Waals surface area contributed by atoms with E-state index in [1.165, 1.54) is 11.3 Å². The second-order valence-corrected chi connectivity index (χ2v) is 4.62. The number of nitrogens with one attached hydrogen (secondary N) is 1. The van der Waals surface area contributed by atoms with Crippen molar-refractivity contribution in [2.75, 3.05) is 25.5 Å². The van der Waals surface area contributed by atoms with Gasteiger partial charge in [0.1, 0.15) is 11.1 Å². The van der Waals surface area contributed by atoms with Gasteiger partial charge in [0.05, 0.1) is 12.1 Å². The Balaban J connectivity index is 2.39. The van der Waals surface area contributed by atoms with Gasteiger partial charge in [0.25, 0.3) is 0 Å². The Labute approximate surface area is 108 Å². The fraction of sp³-hybridized carbons (Fsp3) is 0.364. The minimum absolute atomic E-state index is 0.101. The molecule has 0 bridgehead atoms. The number of hydrogen-bond acceptors (Lipinski definition) is 5. The Morgan fingerprint density at radius 1 is 1.61 bits per heavy atom. The van der Waals surface area contributed by atoms with Crippen LogP contribution in [0.15, 0.2) is 11.4 Å². The van der Waals surface area contributed by atoms with E-state index in [0.29, 0.717) is 17.1 Å². The predicted octanol–water partition coefficient (Wildman–Crippen LogP) is 0.965. The third-order valence-electron chi connectivity index (χ3n) is 2.16. The van der Waals surface area contributed by atoms with Crippen LogP contribution in [0.4, 0.5) is 5.00 Å². The topological polar surface area (TPSA) is 93.4 Å². The molecule has 1 aromatic rings. The van der Waals surface area contributed by atoms with Crippen LogP contribution in [-0.2, 0) is 9.59 Å². The van der Waals surface area contributed by atoms with Gasteiger partial charge in [-0.15, -0.1) is 11.3 Å². The molecule has 2 N–H and O–H groups in total. The number of rotatable bonds is 6. The molecule has 1 rings (SSSR count). The Bertz CT molecular complexity index is 478. The number of carbonyl (C=O) groups excluding carboxylic acids is 1. The molecule has 0 aliphatic heterocycles. The summed E-state index contributed by atoms with van der Waals surface area (Å²) in [6.07, 6.45) is 0.187. The number of carboxylic acid groups (broad SMARTS) is 1. The maximum atomic E-state index is 11.6. The summed E-state index contributed by atoms with van der Waals surface area (Å²) in [5, 5.41) is 22.2. The van der Waals surface area contributed by atoms with Crippen molar-refractivity contribution in [3.8, 4) is 6.07 Å². The van der Waals surface area contributed by atoms with Gasteiger partial charge in [-0.25, -0.2) is 0 Å². The van der Waals surface area contributed by atoms with Crippen LogP contribution in [0.1, 0.15) is 12.0 Å². The molecule has 0 aliphatic carbocycles. The molecule has 0 aliphatic rings. The van der Waals surface area contributed by atoms with Gasteiger partial charge in [0.2, 0.25) is 5.91 Å². The number of hydrogen-bond donors (Lipinski definition) is 2. The highest BCUT2D eigenvalue weighted by atomic mass is 32.1. The van der Waals surface area contributed by atoms with Gasteiger partial charge in [-0.3, -0.25) is 14.5 Å². The number of nitrogens with zero attached hydrogens (tertiary/aromatic N) is 2. The zero-order valence-electron chi connectivity index (χ0n) is 9.84. The number of nitriles is 1. The third kappa shape index (κ3) is 4.53. The lowest BCUT2D eigenvalue weighted by molar-refractivity contribution is -0.138. The summed E-state index contributed by atoms with van der Waals surface area (Å²) in [6, 6.07) is 3.62. The molecule has 0 saturated heterocycles. The number of anilines is 1. The number of thiophene rings is 1. The highest BCUT2D eigenvalue weighted by Gasteiger charge is 2.10. The first-order chi connectivity index (χ1) is 8.52. The number of carbonyl (C=O) groups is 2. The minimum Gasteiger partial charge on any atom is -0.480 e. The summed E-state index contributed by atoms with van der Waals surface area (Å²) >= 11 is 1.29. The van der Waals surface area contributed by atoms with Crippen LogP contribution in [-0.4, -0.2) is 42.0 Å². The average molecular weight is 267 g/mol. The highest BCUT2D eigenvalue weighted by Crippen LogP contribution is 2.22. The largest absolute Gasteiger partial charge is 0.480 e. The highest BCUT2D eigenvalue weighted by molar-refractivity contribution is 7.14. The first kappa shape index (κ1) is 14.2. The van der Waals surface area contributed by atoms with Gasteiger partial charge in [-0.1, -0.05) is 0 Å². The standard InChI is InChI=1S/C11H13N3O3S/c1-14(7-10(16)17)4-2-9(15)13-11-8(6-12)3-5-18-11/h3,5H,2,4,7H2,1H3,(H,13,15)(H,16,17). The molecule has 0 radical (unpaired) electrons. The van der Waals surface area contributed by atoms with Crippen LogP contribution in [0.2, 0.25) is 0 Å². The zero-order valence-corrected chi connectivity index (χ0v) is 10.7. The van der Waals surface area contributed by atoms with Gasteiger partial charge in [-0.05, 0) is 18.5 Å². The SMILES string of the molecule is CN(CCC(=O)Nc1sccc1C#N)CC(=O)O. The molecule has 6 nitrogen and oxygen atoms in total. The van der Waals surface area contributed by atoms with Crippen LogP contribution in [0.3, 0.4) is 0 Å².